The lowest BCUT2D eigenvalue weighted by molar-refractivity contribution is 0.626. The van der Waals surface area contributed by atoms with Gasteiger partial charge in [0, 0.05) is 14.6 Å². The second-order valence-corrected chi connectivity index (χ2v) is 7.04. The highest BCUT2D eigenvalue weighted by molar-refractivity contribution is 9.10. The molecule has 0 saturated heterocycles. The van der Waals surface area contributed by atoms with Crippen molar-refractivity contribution < 1.29 is 8.60 Å². The number of hydrogen-bond donors (Lipinski definition) is 1. The SMILES string of the molecule is Nc1ccc(S(=O)Cc2ccc(F)cc2Br)c(Br)c1. The van der Waals surface area contributed by atoms with Gasteiger partial charge in [0.1, 0.15) is 5.82 Å². The summed E-state index contributed by atoms with van der Waals surface area (Å²) in [7, 11) is -1.23. The van der Waals surface area contributed by atoms with Crippen molar-refractivity contribution in [1.29, 1.82) is 0 Å². The van der Waals surface area contributed by atoms with Gasteiger partial charge in [-0.25, -0.2) is 4.39 Å². The van der Waals surface area contributed by atoms with Crippen molar-refractivity contribution in [2.24, 2.45) is 0 Å². The quantitative estimate of drug-likeness (QED) is 0.774. The van der Waals surface area contributed by atoms with Crippen LogP contribution in [0.15, 0.2) is 50.2 Å². The van der Waals surface area contributed by atoms with E-state index in [0.29, 0.717) is 25.3 Å². The fourth-order valence-corrected chi connectivity index (χ4v) is 4.36. The van der Waals surface area contributed by atoms with Gasteiger partial charge in [-0.1, -0.05) is 22.0 Å². The molecule has 100 valence electrons. The molecule has 1 unspecified atom stereocenters. The third-order valence-corrected chi connectivity index (χ3v) is 5.58. The molecule has 0 aromatic heterocycles. The van der Waals surface area contributed by atoms with Gasteiger partial charge in [0.15, 0.2) is 0 Å². The van der Waals surface area contributed by atoms with E-state index in [1.54, 1.807) is 24.3 Å². The van der Waals surface area contributed by atoms with E-state index in [-0.39, 0.29) is 5.82 Å². The lowest BCUT2D eigenvalue weighted by atomic mass is 10.2. The molecular formula is C13H10Br2FNOS. The monoisotopic (exact) mass is 405 g/mol. The maximum atomic E-state index is 13.0. The van der Waals surface area contributed by atoms with E-state index in [1.807, 2.05) is 0 Å². The summed E-state index contributed by atoms with van der Waals surface area (Å²) in [6, 6.07) is 9.50. The summed E-state index contributed by atoms with van der Waals surface area (Å²) in [5, 5.41) is 0. The van der Waals surface area contributed by atoms with Crippen molar-refractivity contribution in [3.8, 4) is 0 Å². The van der Waals surface area contributed by atoms with Crippen LogP contribution in [0.2, 0.25) is 0 Å². The molecule has 6 heteroatoms. The first kappa shape index (κ1) is 14.7. The summed E-state index contributed by atoms with van der Waals surface area (Å²) < 4.78 is 26.6. The molecule has 0 heterocycles. The van der Waals surface area contributed by atoms with Gasteiger partial charge in [-0.05, 0) is 51.8 Å². The summed E-state index contributed by atoms with van der Waals surface area (Å²) in [5.41, 5.74) is 7.04. The van der Waals surface area contributed by atoms with Crippen LogP contribution >= 0.6 is 31.9 Å². The number of halogens is 3. The van der Waals surface area contributed by atoms with Crippen LogP contribution in [0.25, 0.3) is 0 Å². The minimum absolute atomic E-state index is 0.309. The Balaban J connectivity index is 2.25. The third-order valence-electron chi connectivity index (χ3n) is 2.50. The number of hydrogen-bond acceptors (Lipinski definition) is 2. The smallest absolute Gasteiger partial charge is 0.124 e. The van der Waals surface area contributed by atoms with E-state index in [4.69, 9.17) is 5.73 Å². The van der Waals surface area contributed by atoms with Crippen molar-refractivity contribution in [3.63, 3.8) is 0 Å². The molecule has 2 nitrogen and oxygen atoms in total. The Morgan fingerprint density at radius 2 is 1.84 bits per heavy atom. The van der Waals surface area contributed by atoms with Gasteiger partial charge in [-0.15, -0.1) is 0 Å². The first-order chi connectivity index (χ1) is 8.97. The van der Waals surface area contributed by atoms with Crippen LogP contribution in [0.5, 0.6) is 0 Å². The van der Waals surface area contributed by atoms with E-state index in [1.165, 1.54) is 12.1 Å². The fourth-order valence-electron chi connectivity index (χ4n) is 1.56. The van der Waals surface area contributed by atoms with E-state index in [0.717, 1.165) is 5.56 Å². The second-order valence-electron chi connectivity index (χ2n) is 3.92. The predicted octanol–water partition coefficient (Wildman–Crippen LogP) is 4.24. The maximum Gasteiger partial charge on any atom is 0.124 e. The second kappa shape index (κ2) is 6.15. The van der Waals surface area contributed by atoms with Crippen LogP contribution in [-0.4, -0.2) is 4.21 Å². The average molecular weight is 407 g/mol. The standard InChI is InChI=1S/C13H10Br2FNOS/c14-11-5-9(16)2-1-8(11)7-19(18)13-4-3-10(17)6-12(13)15/h1-6H,7,17H2. The Morgan fingerprint density at radius 1 is 1.11 bits per heavy atom. The average Bonchev–Trinajstić information content (AvgIpc) is 2.32. The summed E-state index contributed by atoms with van der Waals surface area (Å²) in [6.07, 6.45) is 0. The minimum atomic E-state index is -1.23. The van der Waals surface area contributed by atoms with Gasteiger partial charge in [0.2, 0.25) is 0 Å². The van der Waals surface area contributed by atoms with Crippen LogP contribution < -0.4 is 5.73 Å². The lowest BCUT2D eigenvalue weighted by Crippen LogP contribution is -1.99. The molecule has 0 aliphatic carbocycles. The van der Waals surface area contributed by atoms with E-state index >= 15 is 0 Å². The van der Waals surface area contributed by atoms with Gasteiger partial charge in [-0.3, -0.25) is 4.21 Å². The molecule has 0 amide bonds. The van der Waals surface area contributed by atoms with Crippen LogP contribution in [0.1, 0.15) is 5.56 Å². The number of nitrogen functional groups attached to an aromatic ring is 1. The topological polar surface area (TPSA) is 43.1 Å². The molecule has 0 aliphatic rings. The van der Waals surface area contributed by atoms with E-state index in [9.17, 15) is 8.60 Å². The van der Waals surface area contributed by atoms with E-state index in [2.05, 4.69) is 31.9 Å². The van der Waals surface area contributed by atoms with Gasteiger partial charge in [-0.2, -0.15) is 0 Å². The Kier molecular flexibility index (Phi) is 4.76. The molecule has 2 aromatic rings. The molecule has 0 radical (unpaired) electrons. The Bertz CT molecular complexity index is 649. The first-order valence-electron chi connectivity index (χ1n) is 5.34. The molecule has 0 fully saturated rings. The van der Waals surface area contributed by atoms with Crippen molar-refractivity contribution in [1.82, 2.24) is 0 Å². The zero-order chi connectivity index (χ0) is 14.0. The molecule has 2 rings (SSSR count). The van der Waals surface area contributed by atoms with Gasteiger partial charge in [0.05, 0.1) is 21.4 Å². The zero-order valence-electron chi connectivity index (χ0n) is 9.70. The Morgan fingerprint density at radius 3 is 2.47 bits per heavy atom. The maximum absolute atomic E-state index is 13.0. The van der Waals surface area contributed by atoms with Gasteiger partial charge >= 0.3 is 0 Å². The van der Waals surface area contributed by atoms with Crippen LogP contribution in [0, 0.1) is 5.82 Å². The zero-order valence-corrected chi connectivity index (χ0v) is 13.7. The normalized spacial score (nSPS) is 12.4. The number of rotatable bonds is 3. The lowest BCUT2D eigenvalue weighted by Gasteiger charge is -2.07. The van der Waals surface area contributed by atoms with Crippen molar-refractivity contribution >= 4 is 48.3 Å². The molecule has 0 bridgehead atoms. The van der Waals surface area contributed by atoms with E-state index < -0.39 is 10.8 Å². The molecule has 2 aromatic carbocycles. The van der Waals surface area contributed by atoms with Gasteiger partial charge < -0.3 is 5.73 Å². The van der Waals surface area contributed by atoms with Crippen LogP contribution in [0.3, 0.4) is 0 Å². The Hall–Kier alpha value is -0.720. The molecule has 19 heavy (non-hydrogen) atoms. The molecule has 0 spiro atoms. The van der Waals surface area contributed by atoms with Crippen LogP contribution in [0.4, 0.5) is 10.1 Å². The number of nitrogens with two attached hydrogens (primary N) is 1. The highest BCUT2D eigenvalue weighted by Gasteiger charge is 2.11. The predicted molar refractivity (Wildman–Crippen MR) is 82.8 cm³/mol. The fraction of sp³-hybridized carbons (Fsp3) is 0.0769. The van der Waals surface area contributed by atoms with Crippen LogP contribution in [-0.2, 0) is 16.6 Å². The first-order valence-corrected chi connectivity index (χ1v) is 8.25. The Labute approximate surface area is 129 Å². The molecule has 2 N–H and O–H groups in total. The highest BCUT2D eigenvalue weighted by Crippen LogP contribution is 2.27. The molecule has 0 aliphatic heterocycles. The van der Waals surface area contributed by atoms with Crippen molar-refractivity contribution in [3.05, 3.63) is 56.7 Å². The summed E-state index contributed by atoms with van der Waals surface area (Å²) in [6.45, 7) is 0. The number of anilines is 1. The van der Waals surface area contributed by atoms with Gasteiger partial charge in [0.25, 0.3) is 0 Å². The largest absolute Gasteiger partial charge is 0.399 e. The minimum Gasteiger partial charge on any atom is -0.399 e. The third kappa shape index (κ3) is 3.64. The molecule has 1 atom stereocenters. The molecular weight excluding hydrogens is 397 g/mol. The van der Waals surface area contributed by atoms with Crippen molar-refractivity contribution in [2.75, 3.05) is 5.73 Å². The highest BCUT2D eigenvalue weighted by atomic mass is 79.9. The molecule has 0 saturated carbocycles. The summed E-state index contributed by atoms with van der Waals surface area (Å²) >= 11 is 6.62. The summed E-state index contributed by atoms with van der Waals surface area (Å²) in [4.78, 5) is 0.672. The summed E-state index contributed by atoms with van der Waals surface area (Å²) in [5.74, 6) is -0.0151. The van der Waals surface area contributed by atoms with Crippen molar-refractivity contribution in [2.45, 2.75) is 10.6 Å². The number of benzene rings is 2.